The SMILES string of the molecule is CC(=O)OC(C(COc1ccccc1)Oc1ccccc1)N(C)C. The van der Waals surface area contributed by atoms with Gasteiger partial charge in [-0.1, -0.05) is 36.4 Å². The zero-order valence-electron chi connectivity index (χ0n) is 14.2. The highest BCUT2D eigenvalue weighted by atomic mass is 16.6. The molecular weight excluding hydrogens is 306 g/mol. The van der Waals surface area contributed by atoms with Gasteiger partial charge in [-0.15, -0.1) is 0 Å². The normalized spacial score (nSPS) is 13.2. The minimum Gasteiger partial charge on any atom is -0.490 e. The molecule has 128 valence electrons. The molecule has 2 unspecified atom stereocenters. The van der Waals surface area contributed by atoms with E-state index >= 15 is 0 Å². The second kappa shape index (κ2) is 8.93. The van der Waals surface area contributed by atoms with E-state index in [1.165, 1.54) is 6.92 Å². The molecular formula is C19H23NO4. The van der Waals surface area contributed by atoms with Crippen molar-refractivity contribution >= 4 is 5.97 Å². The van der Waals surface area contributed by atoms with Crippen LogP contribution in [0, 0.1) is 0 Å². The molecule has 0 fully saturated rings. The molecule has 0 heterocycles. The Labute approximate surface area is 142 Å². The maximum absolute atomic E-state index is 11.4. The maximum Gasteiger partial charge on any atom is 0.304 e. The number of carbonyl (C=O) groups is 1. The Kier molecular flexibility index (Phi) is 6.63. The van der Waals surface area contributed by atoms with E-state index in [1.807, 2.05) is 74.8 Å². The summed E-state index contributed by atoms with van der Waals surface area (Å²) in [7, 11) is 3.66. The average Bonchev–Trinajstić information content (AvgIpc) is 2.58. The number of ether oxygens (including phenoxy) is 3. The number of benzene rings is 2. The molecule has 0 aliphatic heterocycles. The lowest BCUT2D eigenvalue weighted by Gasteiger charge is -2.31. The summed E-state index contributed by atoms with van der Waals surface area (Å²) in [5.41, 5.74) is 0. The van der Waals surface area contributed by atoms with Crippen LogP contribution in [0.2, 0.25) is 0 Å². The Morgan fingerprint density at radius 2 is 1.50 bits per heavy atom. The first kappa shape index (κ1) is 17.8. The van der Waals surface area contributed by atoms with Gasteiger partial charge >= 0.3 is 5.97 Å². The molecule has 0 radical (unpaired) electrons. The monoisotopic (exact) mass is 329 g/mol. The Hall–Kier alpha value is -2.53. The van der Waals surface area contributed by atoms with Crippen LogP contribution in [0.4, 0.5) is 0 Å². The Morgan fingerprint density at radius 3 is 2.00 bits per heavy atom. The minimum absolute atomic E-state index is 0.245. The fourth-order valence-corrected chi connectivity index (χ4v) is 2.23. The molecule has 0 N–H and O–H groups in total. The summed E-state index contributed by atoms with van der Waals surface area (Å²) in [4.78, 5) is 13.2. The van der Waals surface area contributed by atoms with Crippen LogP contribution in [0.1, 0.15) is 6.92 Å². The van der Waals surface area contributed by atoms with Gasteiger partial charge in [-0.3, -0.25) is 9.69 Å². The van der Waals surface area contributed by atoms with E-state index in [0.29, 0.717) is 5.75 Å². The molecule has 0 amide bonds. The van der Waals surface area contributed by atoms with Crippen molar-refractivity contribution in [1.82, 2.24) is 4.90 Å². The maximum atomic E-state index is 11.4. The van der Waals surface area contributed by atoms with Crippen LogP contribution in [-0.2, 0) is 9.53 Å². The number of para-hydroxylation sites is 2. The lowest BCUT2D eigenvalue weighted by atomic mass is 10.2. The van der Waals surface area contributed by atoms with E-state index in [0.717, 1.165) is 5.75 Å². The third kappa shape index (κ3) is 5.59. The number of nitrogens with zero attached hydrogens (tertiary/aromatic N) is 1. The zero-order chi connectivity index (χ0) is 17.4. The number of carbonyl (C=O) groups excluding carboxylic acids is 1. The number of esters is 1. The summed E-state index contributed by atoms with van der Waals surface area (Å²) in [5, 5.41) is 0. The van der Waals surface area contributed by atoms with Gasteiger partial charge in [0.25, 0.3) is 0 Å². The molecule has 2 atom stereocenters. The molecule has 0 spiro atoms. The topological polar surface area (TPSA) is 48.0 Å². The van der Waals surface area contributed by atoms with Crippen LogP contribution in [-0.4, -0.2) is 43.9 Å². The zero-order valence-corrected chi connectivity index (χ0v) is 14.2. The highest BCUT2D eigenvalue weighted by Gasteiger charge is 2.29. The van der Waals surface area contributed by atoms with E-state index in [4.69, 9.17) is 14.2 Å². The van der Waals surface area contributed by atoms with E-state index in [2.05, 4.69) is 0 Å². The van der Waals surface area contributed by atoms with Crippen LogP contribution in [0.3, 0.4) is 0 Å². The third-order valence-electron chi connectivity index (χ3n) is 3.30. The smallest absolute Gasteiger partial charge is 0.304 e. The van der Waals surface area contributed by atoms with Gasteiger partial charge in [-0.05, 0) is 38.4 Å². The van der Waals surface area contributed by atoms with Crippen molar-refractivity contribution in [2.45, 2.75) is 19.3 Å². The number of hydrogen-bond donors (Lipinski definition) is 0. The first-order valence-electron chi connectivity index (χ1n) is 7.79. The van der Waals surface area contributed by atoms with Gasteiger partial charge in [0.05, 0.1) is 0 Å². The third-order valence-corrected chi connectivity index (χ3v) is 3.30. The molecule has 5 heteroatoms. The van der Waals surface area contributed by atoms with Crippen LogP contribution in [0.15, 0.2) is 60.7 Å². The summed E-state index contributed by atoms with van der Waals surface area (Å²) < 4.78 is 17.2. The number of likely N-dealkylation sites (N-methyl/N-ethyl adjacent to an activating group) is 1. The van der Waals surface area contributed by atoms with Crippen molar-refractivity contribution in [3.63, 3.8) is 0 Å². The predicted octanol–water partition coefficient (Wildman–Crippen LogP) is 2.96. The standard InChI is InChI=1S/C19H23NO4/c1-15(21)23-19(20(2)3)18(24-17-12-8-5-9-13-17)14-22-16-10-6-4-7-11-16/h4-13,18-19H,14H2,1-3H3. The summed E-state index contributed by atoms with van der Waals surface area (Å²) in [6, 6.07) is 18.9. The van der Waals surface area contributed by atoms with Crippen molar-refractivity contribution in [3.8, 4) is 11.5 Å². The van der Waals surface area contributed by atoms with Gasteiger partial charge in [0, 0.05) is 6.92 Å². The molecule has 0 saturated heterocycles. The summed E-state index contributed by atoms with van der Waals surface area (Å²) in [6.45, 7) is 1.63. The fraction of sp³-hybridized carbons (Fsp3) is 0.316. The highest BCUT2D eigenvalue weighted by molar-refractivity contribution is 5.66. The van der Waals surface area contributed by atoms with E-state index in [-0.39, 0.29) is 12.6 Å². The Bertz CT molecular complexity index is 616. The molecule has 2 rings (SSSR count). The average molecular weight is 329 g/mol. The molecule has 0 saturated carbocycles. The Morgan fingerprint density at radius 1 is 0.958 bits per heavy atom. The first-order chi connectivity index (χ1) is 11.6. The molecule has 0 bridgehead atoms. The number of hydrogen-bond acceptors (Lipinski definition) is 5. The summed E-state index contributed by atoms with van der Waals surface area (Å²) in [6.07, 6.45) is -1.04. The molecule has 0 aliphatic carbocycles. The van der Waals surface area contributed by atoms with Gasteiger partial charge in [0.1, 0.15) is 18.1 Å². The summed E-state index contributed by atoms with van der Waals surface area (Å²) >= 11 is 0. The Balaban J connectivity index is 2.14. The van der Waals surface area contributed by atoms with Crippen molar-refractivity contribution in [1.29, 1.82) is 0 Å². The first-order valence-corrected chi connectivity index (χ1v) is 7.79. The van der Waals surface area contributed by atoms with E-state index < -0.39 is 12.3 Å². The van der Waals surface area contributed by atoms with Gasteiger partial charge in [-0.25, -0.2) is 0 Å². The van der Waals surface area contributed by atoms with Crippen molar-refractivity contribution in [3.05, 3.63) is 60.7 Å². The van der Waals surface area contributed by atoms with E-state index in [9.17, 15) is 4.79 Å². The second-order valence-electron chi connectivity index (χ2n) is 5.56. The quantitative estimate of drug-likeness (QED) is 0.550. The lowest BCUT2D eigenvalue weighted by Crippen LogP contribution is -2.48. The predicted molar refractivity (Wildman–Crippen MR) is 92.0 cm³/mol. The lowest BCUT2D eigenvalue weighted by molar-refractivity contribution is -0.165. The molecule has 0 aliphatic rings. The van der Waals surface area contributed by atoms with Gasteiger partial charge in [0.15, 0.2) is 12.3 Å². The van der Waals surface area contributed by atoms with Gasteiger partial charge in [-0.2, -0.15) is 0 Å². The van der Waals surface area contributed by atoms with Crippen LogP contribution >= 0.6 is 0 Å². The molecule has 2 aromatic carbocycles. The molecule has 0 aromatic heterocycles. The van der Waals surface area contributed by atoms with Crippen molar-refractivity contribution < 1.29 is 19.0 Å². The minimum atomic E-state index is -0.564. The molecule has 2 aromatic rings. The number of rotatable bonds is 8. The van der Waals surface area contributed by atoms with Crippen molar-refractivity contribution in [2.24, 2.45) is 0 Å². The van der Waals surface area contributed by atoms with Crippen LogP contribution < -0.4 is 9.47 Å². The summed E-state index contributed by atoms with van der Waals surface area (Å²) in [5.74, 6) is 1.06. The molecule has 24 heavy (non-hydrogen) atoms. The van der Waals surface area contributed by atoms with Gasteiger partial charge < -0.3 is 14.2 Å². The highest BCUT2D eigenvalue weighted by Crippen LogP contribution is 2.17. The second-order valence-corrected chi connectivity index (χ2v) is 5.56. The van der Waals surface area contributed by atoms with Crippen LogP contribution in [0.5, 0.6) is 11.5 Å². The van der Waals surface area contributed by atoms with Gasteiger partial charge in [0.2, 0.25) is 0 Å². The van der Waals surface area contributed by atoms with E-state index in [1.54, 1.807) is 4.90 Å². The molecule has 5 nitrogen and oxygen atoms in total. The van der Waals surface area contributed by atoms with Crippen LogP contribution in [0.25, 0.3) is 0 Å². The fourth-order valence-electron chi connectivity index (χ4n) is 2.23. The largest absolute Gasteiger partial charge is 0.490 e. The van der Waals surface area contributed by atoms with Crippen molar-refractivity contribution in [2.75, 3.05) is 20.7 Å².